The van der Waals surface area contributed by atoms with Crippen LogP contribution in [-0.4, -0.2) is 26.7 Å². The van der Waals surface area contributed by atoms with E-state index in [1.165, 1.54) is 83.1 Å². The summed E-state index contributed by atoms with van der Waals surface area (Å²) < 4.78 is 5.21. The van der Waals surface area contributed by atoms with Gasteiger partial charge in [-0.25, -0.2) is 4.79 Å². The van der Waals surface area contributed by atoms with E-state index in [9.17, 15) is 4.79 Å². The second-order valence-corrected chi connectivity index (χ2v) is 16.1. The van der Waals surface area contributed by atoms with Gasteiger partial charge in [-0.05, 0) is 44.5 Å². The fraction of sp³-hybridized carbons (Fsp3) is 0.741. The molecule has 0 fully saturated rings. The molecule has 3 nitrogen and oxygen atoms in total. The summed E-state index contributed by atoms with van der Waals surface area (Å²) in [6.07, 6.45) is 16.6. The molecule has 1 aromatic carbocycles. The Morgan fingerprint density at radius 1 is 0.774 bits per heavy atom. The van der Waals surface area contributed by atoms with E-state index in [-0.39, 0.29) is 12.1 Å². The molecule has 0 atom stereocenters. The first-order valence-electron chi connectivity index (χ1n) is 12.8. The molecule has 0 heterocycles. The van der Waals surface area contributed by atoms with Crippen LogP contribution in [0.5, 0.6) is 0 Å². The molecule has 1 aromatic rings. The van der Waals surface area contributed by atoms with Crippen molar-refractivity contribution in [1.29, 1.82) is 0 Å². The van der Waals surface area contributed by atoms with Crippen molar-refractivity contribution in [2.45, 2.75) is 123 Å². The maximum absolute atomic E-state index is 11.9. The first-order valence-corrected chi connectivity index (χ1v) is 16.5. The van der Waals surface area contributed by atoms with Gasteiger partial charge in [-0.1, -0.05) is 96.3 Å². The Balaban J connectivity index is 1.90. The Labute approximate surface area is 193 Å². The zero-order valence-corrected chi connectivity index (χ0v) is 22.1. The highest BCUT2D eigenvalue weighted by Gasteiger charge is 2.11. The lowest BCUT2D eigenvalue weighted by Crippen LogP contribution is -2.18. The molecule has 0 aromatic heterocycles. The third-order valence-corrected chi connectivity index (χ3v) is 7.50. The Morgan fingerprint density at radius 3 is 1.68 bits per heavy atom. The van der Waals surface area contributed by atoms with Gasteiger partial charge in [0.1, 0.15) is 0 Å². The number of ether oxygens (including phenoxy) is 1. The summed E-state index contributed by atoms with van der Waals surface area (Å²) in [5.41, 5.74) is 1.68. The summed E-state index contributed by atoms with van der Waals surface area (Å²) in [6, 6.07) is 9.09. The second kappa shape index (κ2) is 16.4. The van der Waals surface area contributed by atoms with Gasteiger partial charge in [0.25, 0.3) is 0 Å². The third kappa shape index (κ3) is 16.1. The van der Waals surface area contributed by atoms with Gasteiger partial charge in [0, 0.05) is 20.3 Å². The highest BCUT2D eigenvalue weighted by molar-refractivity contribution is 6.76. The van der Waals surface area contributed by atoms with Crippen molar-refractivity contribution in [2.75, 3.05) is 11.9 Å². The van der Waals surface area contributed by atoms with Crippen LogP contribution in [0.3, 0.4) is 0 Å². The lowest BCUT2D eigenvalue weighted by molar-refractivity contribution is 0.0378. The van der Waals surface area contributed by atoms with Gasteiger partial charge in [-0.15, -0.1) is 0 Å². The van der Waals surface area contributed by atoms with Gasteiger partial charge in [0.2, 0.25) is 0 Å². The number of hydrogen-bond donors (Lipinski definition) is 1. The van der Waals surface area contributed by atoms with Crippen molar-refractivity contribution in [3.8, 4) is 0 Å². The summed E-state index contributed by atoms with van der Waals surface area (Å²) in [5, 5.41) is 3.45. The molecule has 0 aliphatic carbocycles. The minimum absolute atomic E-state index is 0.0835. The second-order valence-electron chi connectivity index (χ2n) is 10.5. The number of nitrogens with one attached hydrogen (secondary N) is 1. The van der Waals surface area contributed by atoms with Crippen molar-refractivity contribution in [2.24, 2.45) is 0 Å². The smallest absolute Gasteiger partial charge is 0.338 e. The van der Waals surface area contributed by atoms with Crippen LogP contribution in [0.25, 0.3) is 0 Å². The van der Waals surface area contributed by atoms with E-state index in [4.69, 9.17) is 4.74 Å². The van der Waals surface area contributed by atoms with Gasteiger partial charge in [-0.3, -0.25) is 0 Å². The molecule has 0 bridgehead atoms. The fourth-order valence-corrected chi connectivity index (χ4v) is 5.10. The molecular weight excluding hydrogens is 398 g/mol. The van der Waals surface area contributed by atoms with Gasteiger partial charge in [-0.2, -0.15) is 0 Å². The van der Waals surface area contributed by atoms with E-state index < -0.39 is 8.07 Å². The first kappa shape index (κ1) is 27.7. The zero-order valence-electron chi connectivity index (χ0n) is 21.1. The monoisotopic (exact) mass is 447 g/mol. The van der Waals surface area contributed by atoms with E-state index in [2.05, 4.69) is 25.0 Å². The van der Waals surface area contributed by atoms with Crippen molar-refractivity contribution < 1.29 is 9.53 Å². The van der Waals surface area contributed by atoms with E-state index in [0.29, 0.717) is 5.56 Å². The molecule has 4 heteroatoms. The van der Waals surface area contributed by atoms with Crippen LogP contribution in [0.4, 0.5) is 5.69 Å². The molecule has 0 aliphatic rings. The molecule has 0 spiro atoms. The number of anilines is 1. The Kier molecular flexibility index (Phi) is 14.6. The molecular formula is C27H49NO2Si. The molecule has 0 saturated carbocycles. The lowest BCUT2D eigenvalue weighted by atomic mass is 10.1. The third-order valence-electron chi connectivity index (χ3n) is 5.65. The van der Waals surface area contributed by atoms with Gasteiger partial charge in [0.15, 0.2) is 0 Å². The first-order chi connectivity index (χ1) is 14.8. The van der Waals surface area contributed by atoms with Crippen LogP contribution >= 0.6 is 0 Å². The average Bonchev–Trinajstić information content (AvgIpc) is 2.70. The van der Waals surface area contributed by atoms with Crippen molar-refractivity contribution in [3.63, 3.8) is 0 Å². The van der Waals surface area contributed by atoms with Gasteiger partial charge < -0.3 is 10.1 Å². The highest BCUT2D eigenvalue weighted by Crippen LogP contribution is 2.17. The van der Waals surface area contributed by atoms with Crippen LogP contribution in [0.2, 0.25) is 25.7 Å². The molecule has 1 rings (SSSR count). The molecule has 0 unspecified atom stereocenters. The topological polar surface area (TPSA) is 38.3 Å². The summed E-state index contributed by atoms with van der Waals surface area (Å²) in [5.74, 6) is -0.251. The number of carbonyl (C=O) groups excluding carboxylic acids is 1. The van der Waals surface area contributed by atoms with E-state index in [0.717, 1.165) is 12.2 Å². The number of benzene rings is 1. The Morgan fingerprint density at radius 2 is 1.23 bits per heavy atom. The standard InChI is InChI=1S/C27H49NO2Si/c1-24(2)30-27(29)25-18-20-26(21-19-25)28-22-16-14-12-10-8-6-7-9-11-13-15-17-23-31(3,4)5/h18-21,24,28H,6-17,22-23H2,1-5H3. The number of carbonyl (C=O) groups is 1. The van der Waals surface area contributed by atoms with Crippen molar-refractivity contribution in [3.05, 3.63) is 29.8 Å². The largest absolute Gasteiger partial charge is 0.459 e. The predicted octanol–water partition coefficient (Wildman–Crippen LogP) is 8.68. The number of hydrogen-bond acceptors (Lipinski definition) is 3. The predicted molar refractivity (Wildman–Crippen MR) is 139 cm³/mol. The Hall–Kier alpha value is -1.29. The quantitative estimate of drug-likeness (QED) is 0.139. The van der Waals surface area contributed by atoms with Crippen LogP contribution in [-0.2, 0) is 4.74 Å². The molecule has 1 N–H and O–H groups in total. The van der Waals surface area contributed by atoms with E-state index >= 15 is 0 Å². The maximum Gasteiger partial charge on any atom is 0.338 e. The number of rotatable bonds is 18. The average molecular weight is 448 g/mol. The van der Waals surface area contributed by atoms with Crippen LogP contribution in [0.15, 0.2) is 24.3 Å². The zero-order chi connectivity index (χ0) is 23.0. The molecule has 0 saturated heterocycles. The normalized spacial score (nSPS) is 11.7. The minimum Gasteiger partial charge on any atom is -0.459 e. The Bertz CT molecular complexity index is 578. The summed E-state index contributed by atoms with van der Waals surface area (Å²) in [6.45, 7) is 12.2. The number of unbranched alkanes of at least 4 members (excludes halogenated alkanes) is 11. The molecule has 178 valence electrons. The summed E-state index contributed by atoms with van der Waals surface area (Å²) in [4.78, 5) is 11.9. The molecule has 0 radical (unpaired) electrons. The minimum atomic E-state index is -0.807. The highest BCUT2D eigenvalue weighted by atomic mass is 28.3. The van der Waals surface area contributed by atoms with Gasteiger partial charge in [0.05, 0.1) is 11.7 Å². The summed E-state index contributed by atoms with van der Waals surface area (Å²) in [7, 11) is -0.807. The number of esters is 1. The van der Waals surface area contributed by atoms with E-state index in [1.54, 1.807) is 0 Å². The van der Waals surface area contributed by atoms with Crippen LogP contribution in [0, 0.1) is 0 Å². The van der Waals surface area contributed by atoms with Crippen LogP contribution in [0.1, 0.15) is 101 Å². The molecule has 0 aliphatic heterocycles. The van der Waals surface area contributed by atoms with Crippen molar-refractivity contribution in [1.82, 2.24) is 0 Å². The van der Waals surface area contributed by atoms with Gasteiger partial charge >= 0.3 is 5.97 Å². The lowest BCUT2D eigenvalue weighted by Gasteiger charge is -2.14. The van der Waals surface area contributed by atoms with E-state index in [1.807, 2.05) is 38.1 Å². The fourth-order valence-electron chi connectivity index (χ4n) is 3.79. The SMILES string of the molecule is CC(C)OC(=O)c1ccc(NCCCCCCCCCCCCCC[Si](C)(C)C)cc1. The van der Waals surface area contributed by atoms with Crippen molar-refractivity contribution >= 4 is 19.7 Å². The maximum atomic E-state index is 11.9. The van der Waals surface area contributed by atoms with Crippen LogP contribution < -0.4 is 5.32 Å². The molecule has 0 amide bonds. The summed E-state index contributed by atoms with van der Waals surface area (Å²) >= 11 is 0. The molecule has 31 heavy (non-hydrogen) atoms.